The van der Waals surface area contributed by atoms with Gasteiger partial charge in [0.1, 0.15) is 6.61 Å². The molecule has 2 aliphatic rings. The summed E-state index contributed by atoms with van der Waals surface area (Å²) in [6.45, 7) is -1.25. The minimum absolute atomic E-state index is 0.0315. The summed E-state index contributed by atoms with van der Waals surface area (Å²) in [6.07, 6.45) is 0.493. The van der Waals surface area contributed by atoms with Gasteiger partial charge in [0.15, 0.2) is 0 Å². The van der Waals surface area contributed by atoms with Crippen LogP contribution in [0.3, 0.4) is 0 Å². The number of fused-ring (bicyclic) bond motifs is 3. The zero-order chi connectivity index (χ0) is 24.3. The van der Waals surface area contributed by atoms with Crippen molar-refractivity contribution in [3.63, 3.8) is 0 Å². The third-order valence-electron chi connectivity index (χ3n) is 6.49. The third-order valence-corrected chi connectivity index (χ3v) is 6.49. The van der Waals surface area contributed by atoms with Crippen molar-refractivity contribution in [1.82, 2.24) is 10.6 Å². The van der Waals surface area contributed by atoms with Gasteiger partial charge < -0.3 is 20.5 Å². The van der Waals surface area contributed by atoms with Crippen LogP contribution in [0, 0.1) is 5.92 Å². The number of nitrogens with one attached hydrogen (secondary N) is 2. The predicted octanol–water partition coefficient (Wildman–Crippen LogP) is 3.92. The first-order valence-corrected chi connectivity index (χ1v) is 11.3. The van der Waals surface area contributed by atoms with E-state index in [-0.39, 0.29) is 18.9 Å². The standard InChI is InChI=1S/C25H26F2N2O5/c26-25(27,23(32)29-16-7-5-6-15(12-16)22(30)31)14-28-24(33)34-13-21-19-10-3-1-8-17(19)18-9-2-4-11-20(18)21/h1-4,8-11,15-16,21H,5-7,12-14H2,(H,28,33)(H,29,32)(H,30,31)/t15-,16+/m1/s1. The van der Waals surface area contributed by atoms with Gasteiger partial charge in [-0.05, 0) is 41.5 Å². The molecule has 2 amide bonds. The van der Waals surface area contributed by atoms with Gasteiger partial charge in [-0.2, -0.15) is 8.78 Å². The molecule has 180 valence electrons. The van der Waals surface area contributed by atoms with E-state index in [1.54, 1.807) is 0 Å². The monoisotopic (exact) mass is 472 g/mol. The van der Waals surface area contributed by atoms with Crippen LogP contribution in [0.15, 0.2) is 48.5 Å². The average Bonchev–Trinajstić information content (AvgIpc) is 3.15. The summed E-state index contributed by atoms with van der Waals surface area (Å²) in [4.78, 5) is 35.3. The summed E-state index contributed by atoms with van der Waals surface area (Å²) < 4.78 is 33.9. The summed E-state index contributed by atoms with van der Waals surface area (Å²) in [7, 11) is 0. The second-order valence-electron chi connectivity index (χ2n) is 8.76. The molecule has 4 rings (SSSR count). The number of hydrogen-bond donors (Lipinski definition) is 3. The van der Waals surface area contributed by atoms with E-state index in [0.717, 1.165) is 22.3 Å². The molecule has 0 aliphatic heterocycles. The maximum Gasteiger partial charge on any atom is 0.407 e. The number of carbonyl (C=O) groups excluding carboxylic acids is 2. The van der Waals surface area contributed by atoms with Gasteiger partial charge in [-0.25, -0.2) is 4.79 Å². The van der Waals surface area contributed by atoms with Gasteiger partial charge in [-0.3, -0.25) is 9.59 Å². The molecule has 0 heterocycles. The fourth-order valence-corrected chi connectivity index (χ4v) is 4.75. The summed E-state index contributed by atoms with van der Waals surface area (Å²) >= 11 is 0. The third kappa shape index (κ3) is 5.03. The van der Waals surface area contributed by atoms with Crippen molar-refractivity contribution in [3.05, 3.63) is 59.7 Å². The molecule has 0 spiro atoms. The number of hydrogen-bond acceptors (Lipinski definition) is 4. The number of aliphatic carboxylic acids is 1. The highest BCUT2D eigenvalue weighted by Gasteiger charge is 2.41. The molecule has 9 heteroatoms. The van der Waals surface area contributed by atoms with Gasteiger partial charge in [-0.1, -0.05) is 55.0 Å². The first-order valence-electron chi connectivity index (χ1n) is 11.3. The summed E-state index contributed by atoms with van der Waals surface area (Å²) in [5, 5.41) is 13.3. The van der Waals surface area contributed by atoms with Crippen molar-refractivity contribution < 1.29 is 33.0 Å². The number of carboxylic acid groups (broad SMARTS) is 1. The number of ether oxygens (including phenoxy) is 1. The molecule has 0 bridgehead atoms. The molecular formula is C25H26F2N2O5. The van der Waals surface area contributed by atoms with Gasteiger partial charge >= 0.3 is 18.0 Å². The lowest BCUT2D eigenvalue weighted by molar-refractivity contribution is -0.148. The minimum atomic E-state index is -3.86. The molecular weight excluding hydrogens is 446 g/mol. The van der Waals surface area contributed by atoms with Crippen molar-refractivity contribution in [1.29, 1.82) is 0 Å². The fourth-order valence-electron chi connectivity index (χ4n) is 4.75. The van der Waals surface area contributed by atoms with E-state index in [0.29, 0.717) is 19.3 Å². The largest absolute Gasteiger partial charge is 0.481 e. The Balaban J connectivity index is 1.29. The molecule has 7 nitrogen and oxygen atoms in total. The van der Waals surface area contributed by atoms with E-state index in [4.69, 9.17) is 9.84 Å². The summed E-state index contributed by atoms with van der Waals surface area (Å²) in [5.41, 5.74) is 4.08. The van der Waals surface area contributed by atoms with Crippen LogP contribution in [-0.4, -0.2) is 48.2 Å². The number of carboxylic acids is 1. The number of carbonyl (C=O) groups is 3. The molecule has 1 saturated carbocycles. The number of benzene rings is 2. The number of alkyl halides is 2. The second kappa shape index (κ2) is 9.79. The van der Waals surface area contributed by atoms with Crippen molar-refractivity contribution in [2.45, 2.75) is 43.6 Å². The number of amides is 2. The molecule has 0 aromatic heterocycles. The van der Waals surface area contributed by atoms with E-state index in [9.17, 15) is 23.2 Å². The Morgan fingerprint density at radius 1 is 1.00 bits per heavy atom. The van der Waals surface area contributed by atoms with Gasteiger partial charge in [0.2, 0.25) is 0 Å². The second-order valence-corrected chi connectivity index (χ2v) is 8.76. The number of halogens is 2. The lowest BCUT2D eigenvalue weighted by atomic mass is 9.85. The lowest BCUT2D eigenvalue weighted by Crippen LogP contribution is -2.52. The van der Waals surface area contributed by atoms with Gasteiger partial charge in [0, 0.05) is 12.0 Å². The van der Waals surface area contributed by atoms with Gasteiger partial charge in [0.05, 0.1) is 12.5 Å². The minimum Gasteiger partial charge on any atom is -0.481 e. The van der Waals surface area contributed by atoms with Crippen molar-refractivity contribution >= 4 is 18.0 Å². The van der Waals surface area contributed by atoms with Crippen molar-refractivity contribution in [2.24, 2.45) is 5.92 Å². The predicted molar refractivity (Wildman–Crippen MR) is 120 cm³/mol. The average molecular weight is 472 g/mol. The number of rotatable bonds is 7. The van der Waals surface area contributed by atoms with Gasteiger partial charge in [0.25, 0.3) is 5.91 Å². The number of alkyl carbamates (subject to hydrolysis) is 1. The highest BCUT2D eigenvalue weighted by molar-refractivity contribution is 5.84. The Hall–Kier alpha value is -3.49. The fraction of sp³-hybridized carbons (Fsp3) is 0.400. The Bertz CT molecular complexity index is 1040. The van der Waals surface area contributed by atoms with Crippen LogP contribution < -0.4 is 10.6 Å². The first kappa shape index (κ1) is 23.7. The summed E-state index contributed by atoms with van der Waals surface area (Å²) in [5.74, 6) is -7.27. The Morgan fingerprint density at radius 2 is 1.62 bits per heavy atom. The first-order chi connectivity index (χ1) is 16.3. The smallest absolute Gasteiger partial charge is 0.407 e. The van der Waals surface area contributed by atoms with Gasteiger partial charge in [-0.15, -0.1) is 0 Å². The Kier molecular flexibility index (Phi) is 6.81. The Morgan fingerprint density at radius 3 is 2.24 bits per heavy atom. The molecule has 3 N–H and O–H groups in total. The van der Waals surface area contributed by atoms with Crippen LogP contribution in [0.1, 0.15) is 42.7 Å². The molecule has 1 fully saturated rings. The van der Waals surface area contributed by atoms with Crippen LogP contribution in [0.25, 0.3) is 11.1 Å². The van der Waals surface area contributed by atoms with Crippen LogP contribution in [0.4, 0.5) is 13.6 Å². The topological polar surface area (TPSA) is 105 Å². The highest BCUT2D eigenvalue weighted by Crippen LogP contribution is 2.44. The Labute approximate surface area is 195 Å². The molecule has 34 heavy (non-hydrogen) atoms. The zero-order valence-corrected chi connectivity index (χ0v) is 18.4. The van der Waals surface area contributed by atoms with E-state index in [2.05, 4.69) is 5.32 Å². The van der Waals surface area contributed by atoms with Crippen LogP contribution in [-0.2, 0) is 14.3 Å². The van der Waals surface area contributed by atoms with E-state index < -0.39 is 42.4 Å². The highest BCUT2D eigenvalue weighted by atomic mass is 19.3. The molecule has 2 atom stereocenters. The molecule has 0 saturated heterocycles. The quantitative estimate of drug-likeness (QED) is 0.567. The van der Waals surface area contributed by atoms with Crippen molar-refractivity contribution in [3.8, 4) is 11.1 Å². The maximum absolute atomic E-state index is 14.3. The van der Waals surface area contributed by atoms with E-state index in [1.165, 1.54) is 0 Å². The molecule has 2 aromatic carbocycles. The zero-order valence-electron chi connectivity index (χ0n) is 18.4. The van der Waals surface area contributed by atoms with Crippen LogP contribution in [0.2, 0.25) is 0 Å². The molecule has 0 radical (unpaired) electrons. The van der Waals surface area contributed by atoms with E-state index >= 15 is 0 Å². The molecule has 2 aliphatic carbocycles. The maximum atomic E-state index is 14.3. The molecule has 0 unspecified atom stereocenters. The van der Waals surface area contributed by atoms with E-state index in [1.807, 2.05) is 53.8 Å². The van der Waals surface area contributed by atoms with Crippen molar-refractivity contribution in [2.75, 3.05) is 13.2 Å². The molecule has 2 aromatic rings. The van der Waals surface area contributed by atoms with Crippen LogP contribution in [0.5, 0.6) is 0 Å². The normalized spacial score (nSPS) is 19.6. The lowest BCUT2D eigenvalue weighted by Gasteiger charge is -2.28. The SMILES string of the molecule is O=C(NCC(F)(F)C(=O)N[C@H]1CCC[C@@H](C(=O)O)C1)OCC1c2ccccc2-c2ccccc21. The van der Waals surface area contributed by atoms with Crippen LogP contribution >= 0.6 is 0 Å². The summed E-state index contributed by atoms with van der Waals surface area (Å²) in [6, 6.07) is 14.9.